The van der Waals surface area contributed by atoms with Crippen LogP contribution in [0, 0.1) is 0 Å². The Morgan fingerprint density at radius 1 is 1.44 bits per heavy atom. The molecule has 2 atom stereocenters. The topological polar surface area (TPSA) is 133 Å². The highest BCUT2D eigenvalue weighted by molar-refractivity contribution is 5.91. The van der Waals surface area contributed by atoms with E-state index in [9.17, 15) is 14.4 Å². The number of carboxylic acids is 1. The van der Waals surface area contributed by atoms with Crippen molar-refractivity contribution in [1.29, 1.82) is 0 Å². The normalized spacial score (nSPS) is 20.6. The molecule has 0 aromatic carbocycles. The van der Waals surface area contributed by atoms with Crippen LogP contribution in [0.1, 0.15) is 12.8 Å². The molecule has 2 amide bonds. The van der Waals surface area contributed by atoms with Crippen molar-refractivity contribution in [2.75, 3.05) is 19.7 Å². The molecule has 1 fully saturated rings. The third kappa shape index (κ3) is 3.41. The van der Waals surface area contributed by atoms with Gasteiger partial charge in [-0.15, -0.1) is 0 Å². The first-order chi connectivity index (χ1) is 8.47. The lowest BCUT2D eigenvalue weighted by Crippen LogP contribution is -2.52. The molecule has 0 spiro atoms. The van der Waals surface area contributed by atoms with Crippen LogP contribution in [-0.2, 0) is 14.4 Å². The van der Waals surface area contributed by atoms with Gasteiger partial charge in [-0.2, -0.15) is 0 Å². The van der Waals surface area contributed by atoms with Gasteiger partial charge in [0.15, 0.2) is 0 Å². The van der Waals surface area contributed by atoms with Crippen molar-refractivity contribution in [3.63, 3.8) is 0 Å². The number of hydrogen-bond acceptors (Lipinski definition) is 5. The molecule has 8 nitrogen and oxygen atoms in total. The van der Waals surface area contributed by atoms with Crippen LogP contribution in [0.2, 0.25) is 0 Å². The molecule has 0 aromatic heterocycles. The molecule has 0 radical (unpaired) electrons. The van der Waals surface area contributed by atoms with Crippen LogP contribution in [0.15, 0.2) is 0 Å². The molecule has 1 saturated heterocycles. The fraction of sp³-hybridized carbons (Fsp3) is 0.700. The summed E-state index contributed by atoms with van der Waals surface area (Å²) in [5, 5.41) is 19.5. The molecule has 1 heterocycles. The number of nitrogens with one attached hydrogen (secondary N) is 1. The van der Waals surface area contributed by atoms with Crippen molar-refractivity contribution in [3.8, 4) is 0 Å². The number of carboxylic acid groups (broad SMARTS) is 1. The predicted octanol–water partition coefficient (Wildman–Crippen LogP) is -2.50. The van der Waals surface area contributed by atoms with E-state index in [4.69, 9.17) is 15.9 Å². The second kappa shape index (κ2) is 6.31. The Balaban J connectivity index is 2.61. The summed E-state index contributed by atoms with van der Waals surface area (Å²) in [4.78, 5) is 35.1. The van der Waals surface area contributed by atoms with Gasteiger partial charge in [0.2, 0.25) is 11.8 Å². The van der Waals surface area contributed by atoms with Crippen molar-refractivity contribution in [3.05, 3.63) is 0 Å². The maximum atomic E-state index is 11.8. The van der Waals surface area contributed by atoms with Crippen LogP contribution in [0.4, 0.5) is 0 Å². The molecule has 2 unspecified atom stereocenters. The molecule has 1 rings (SSSR count). The average molecular weight is 259 g/mol. The largest absolute Gasteiger partial charge is 0.480 e. The van der Waals surface area contributed by atoms with E-state index in [0.29, 0.717) is 19.4 Å². The van der Waals surface area contributed by atoms with E-state index in [-0.39, 0.29) is 0 Å². The van der Waals surface area contributed by atoms with E-state index < -0.39 is 43.0 Å². The zero-order valence-corrected chi connectivity index (χ0v) is 9.83. The summed E-state index contributed by atoms with van der Waals surface area (Å²) in [5.41, 5.74) is 5.41. The van der Waals surface area contributed by atoms with E-state index in [0.717, 1.165) is 0 Å². The molecule has 0 aliphatic carbocycles. The van der Waals surface area contributed by atoms with Gasteiger partial charge in [0, 0.05) is 6.54 Å². The average Bonchev–Trinajstić information content (AvgIpc) is 2.82. The molecule has 102 valence electrons. The fourth-order valence-electron chi connectivity index (χ4n) is 1.87. The van der Waals surface area contributed by atoms with Gasteiger partial charge >= 0.3 is 5.97 Å². The van der Waals surface area contributed by atoms with Crippen molar-refractivity contribution < 1.29 is 24.6 Å². The van der Waals surface area contributed by atoms with Gasteiger partial charge in [-0.25, -0.2) is 0 Å². The van der Waals surface area contributed by atoms with Crippen LogP contribution in [0.3, 0.4) is 0 Å². The summed E-state index contributed by atoms with van der Waals surface area (Å²) < 4.78 is 0. The van der Waals surface area contributed by atoms with Gasteiger partial charge in [-0.05, 0) is 12.8 Å². The Kier molecular flexibility index (Phi) is 5.05. The summed E-state index contributed by atoms with van der Waals surface area (Å²) in [6.45, 7) is -0.583. The van der Waals surface area contributed by atoms with Crippen molar-refractivity contribution in [1.82, 2.24) is 10.2 Å². The molecule has 0 bridgehead atoms. The number of rotatable bonds is 5. The highest BCUT2D eigenvalue weighted by Gasteiger charge is 2.35. The third-order valence-corrected chi connectivity index (χ3v) is 2.77. The summed E-state index contributed by atoms with van der Waals surface area (Å²) in [6.07, 6.45) is 1.12. The molecule has 0 aromatic rings. The molecule has 8 heteroatoms. The number of aliphatic carboxylic acids is 1. The summed E-state index contributed by atoms with van der Waals surface area (Å²) in [5.74, 6) is -2.15. The number of carbonyl (C=O) groups excluding carboxylic acids is 2. The Hall–Kier alpha value is -1.67. The van der Waals surface area contributed by atoms with Crippen LogP contribution in [0.5, 0.6) is 0 Å². The van der Waals surface area contributed by atoms with Gasteiger partial charge < -0.3 is 26.2 Å². The van der Waals surface area contributed by atoms with Crippen molar-refractivity contribution in [2.45, 2.75) is 24.9 Å². The number of carbonyl (C=O) groups is 3. The Morgan fingerprint density at radius 3 is 2.67 bits per heavy atom. The smallest absolute Gasteiger partial charge is 0.322 e. The molecule has 1 aliphatic heterocycles. The fourth-order valence-corrected chi connectivity index (χ4v) is 1.87. The van der Waals surface area contributed by atoms with Crippen LogP contribution >= 0.6 is 0 Å². The Labute approximate surface area is 104 Å². The quantitative estimate of drug-likeness (QED) is 0.431. The number of hydrogen-bond donors (Lipinski definition) is 4. The minimum Gasteiger partial charge on any atom is -0.480 e. The zero-order chi connectivity index (χ0) is 13.7. The van der Waals surface area contributed by atoms with E-state index in [1.807, 2.05) is 0 Å². The highest BCUT2D eigenvalue weighted by Crippen LogP contribution is 2.18. The summed E-state index contributed by atoms with van der Waals surface area (Å²) in [6, 6.07) is -1.74. The van der Waals surface area contributed by atoms with Crippen LogP contribution in [-0.4, -0.2) is 64.7 Å². The van der Waals surface area contributed by atoms with Gasteiger partial charge in [0.05, 0.1) is 6.61 Å². The maximum absolute atomic E-state index is 11.8. The van der Waals surface area contributed by atoms with Gasteiger partial charge in [0.1, 0.15) is 18.6 Å². The standard InChI is InChI=1S/C10H17N3O5/c11-6(5-14)10(18)13-3-1-2-7(13)9(17)12-4-8(15)16/h6-7,14H,1-5,11H2,(H,12,17)(H,15,16). The van der Waals surface area contributed by atoms with E-state index in [2.05, 4.69) is 5.32 Å². The lowest BCUT2D eigenvalue weighted by Gasteiger charge is -2.25. The van der Waals surface area contributed by atoms with Crippen molar-refractivity contribution in [2.24, 2.45) is 5.73 Å². The predicted molar refractivity (Wildman–Crippen MR) is 60.4 cm³/mol. The van der Waals surface area contributed by atoms with Gasteiger partial charge in [-0.1, -0.05) is 0 Å². The first-order valence-electron chi connectivity index (χ1n) is 5.63. The second-order valence-electron chi connectivity index (χ2n) is 4.09. The van der Waals surface area contributed by atoms with E-state index >= 15 is 0 Å². The molecule has 18 heavy (non-hydrogen) atoms. The SMILES string of the molecule is NC(CO)C(=O)N1CCCC1C(=O)NCC(=O)O. The Morgan fingerprint density at radius 2 is 2.11 bits per heavy atom. The molecule has 0 saturated carbocycles. The summed E-state index contributed by atoms with van der Waals surface area (Å²) >= 11 is 0. The number of amides is 2. The monoisotopic (exact) mass is 259 g/mol. The molecule has 1 aliphatic rings. The first-order valence-corrected chi connectivity index (χ1v) is 5.63. The van der Waals surface area contributed by atoms with Crippen LogP contribution < -0.4 is 11.1 Å². The van der Waals surface area contributed by atoms with Crippen molar-refractivity contribution >= 4 is 17.8 Å². The molecular weight excluding hydrogens is 242 g/mol. The number of aliphatic hydroxyl groups is 1. The minimum atomic E-state index is -1.15. The Bertz CT molecular complexity index is 346. The van der Waals surface area contributed by atoms with E-state index in [1.54, 1.807) is 0 Å². The van der Waals surface area contributed by atoms with Gasteiger partial charge in [0.25, 0.3) is 0 Å². The third-order valence-electron chi connectivity index (χ3n) is 2.77. The zero-order valence-electron chi connectivity index (χ0n) is 9.83. The molecule has 5 N–H and O–H groups in total. The van der Waals surface area contributed by atoms with Gasteiger partial charge in [-0.3, -0.25) is 14.4 Å². The maximum Gasteiger partial charge on any atom is 0.322 e. The minimum absolute atomic E-state index is 0.387. The van der Waals surface area contributed by atoms with Crippen LogP contribution in [0.25, 0.3) is 0 Å². The number of aliphatic hydroxyl groups excluding tert-OH is 1. The first kappa shape index (κ1) is 14.4. The number of nitrogens with zero attached hydrogens (tertiary/aromatic N) is 1. The lowest BCUT2D eigenvalue weighted by molar-refractivity contribution is -0.141. The van der Waals surface area contributed by atoms with E-state index in [1.165, 1.54) is 4.90 Å². The number of nitrogens with two attached hydrogens (primary N) is 1. The lowest BCUT2D eigenvalue weighted by atomic mass is 10.2. The highest BCUT2D eigenvalue weighted by atomic mass is 16.4. The number of likely N-dealkylation sites (tertiary alicyclic amines) is 1. The second-order valence-corrected chi connectivity index (χ2v) is 4.09. The summed E-state index contributed by atoms with van der Waals surface area (Å²) in [7, 11) is 0. The molecular formula is C10H17N3O5.